The minimum atomic E-state index is -0.0410. The van der Waals surface area contributed by atoms with Crippen LogP contribution >= 0.6 is 0 Å². The molecular weight excluding hydrogens is 328 g/mol. The van der Waals surface area contributed by atoms with E-state index < -0.39 is 0 Å². The van der Waals surface area contributed by atoms with Gasteiger partial charge in [0.2, 0.25) is 0 Å². The Morgan fingerprint density at radius 2 is 1.73 bits per heavy atom. The highest BCUT2D eigenvalue weighted by atomic mass is 16.1. The predicted molar refractivity (Wildman–Crippen MR) is 101 cm³/mol. The SMILES string of the molecule is Cc1ccc(=O)n(CCN2CCN(c3cnc4ccccc4n3)CC2)n1. The number of aromatic nitrogens is 4. The zero-order chi connectivity index (χ0) is 17.9. The number of hydrogen-bond donors (Lipinski definition) is 0. The van der Waals surface area contributed by atoms with Gasteiger partial charge in [-0.15, -0.1) is 0 Å². The van der Waals surface area contributed by atoms with Gasteiger partial charge in [0.05, 0.1) is 29.5 Å². The molecule has 1 fully saturated rings. The second-order valence-electron chi connectivity index (χ2n) is 6.58. The smallest absolute Gasteiger partial charge is 0.266 e. The van der Waals surface area contributed by atoms with Gasteiger partial charge in [-0.2, -0.15) is 5.10 Å². The van der Waals surface area contributed by atoms with Gasteiger partial charge in [0, 0.05) is 38.8 Å². The molecule has 0 N–H and O–H groups in total. The lowest BCUT2D eigenvalue weighted by molar-refractivity contribution is 0.242. The van der Waals surface area contributed by atoms with Crippen LogP contribution < -0.4 is 10.5 Å². The Bertz CT molecular complexity index is 961. The van der Waals surface area contributed by atoms with Crippen LogP contribution in [-0.4, -0.2) is 57.4 Å². The first-order valence-corrected chi connectivity index (χ1v) is 8.93. The third-order valence-electron chi connectivity index (χ3n) is 4.76. The molecule has 1 aliphatic heterocycles. The topological polar surface area (TPSA) is 67.2 Å². The number of hydrogen-bond acceptors (Lipinski definition) is 6. The summed E-state index contributed by atoms with van der Waals surface area (Å²) in [7, 11) is 0. The zero-order valence-electron chi connectivity index (χ0n) is 14.9. The Balaban J connectivity index is 1.36. The van der Waals surface area contributed by atoms with Crippen LogP contribution in [0.3, 0.4) is 0 Å². The maximum absolute atomic E-state index is 11.8. The number of fused-ring (bicyclic) bond motifs is 1. The quantitative estimate of drug-likeness (QED) is 0.707. The third kappa shape index (κ3) is 3.57. The molecule has 134 valence electrons. The van der Waals surface area contributed by atoms with Crippen molar-refractivity contribution in [2.24, 2.45) is 0 Å². The Hall–Kier alpha value is -2.80. The van der Waals surface area contributed by atoms with Crippen LogP contribution in [0.2, 0.25) is 0 Å². The molecule has 0 amide bonds. The number of para-hydroxylation sites is 2. The molecule has 3 aromatic rings. The summed E-state index contributed by atoms with van der Waals surface area (Å²) in [5, 5.41) is 4.30. The van der Waals surface area contributed by atoms with Gasteiger partial charge in [-0.1, -0.05) is 12.1 Å². The van der Waals surface area contributed by atoms with Gasteiger partial charge in [-0.25, -0.2) is 9.67 Å². The first-order chi connectivity index (χ1) is 12.7. The van der Waals surface area contributed by atoms with Gasteiger partial charge >= 0.3 is 0 Å². The van der Waals surface area contributed by atoms with Crippen LogP contribution in [0, 0.1) is 6.92 Å². The second-order valence-corrected chi connectivity index (χ2v) is 6.58. The van der Waals surface area contributed by atoms with Gasteiger partial charge in [-0.05, 0) is 25.1 Å². The summed E-state index contributed by atoms with van der Waals surface area (Å²) in [6.07, 6.45) is 1.86. The van der Waals surface area contributed by atoms with Crippen molar-refractivity contribution in [3.8, 4) is 0 Å². The molecule has 7 nitrogen and oxygen atoms in total. The van der Waals surface area contributed by atoms with E-state index in [0.717, 1.165) is 55.3 Å². The van der Waals surface area contributed by atoms with E-state index in [-0.39, 0.29) is 5.56 Å². The summed E-state index contributed by atoms with van der Waals surface area (Å²) >= 11 is 0. The highest BCUT2D eigenvalue weighted by molar-refractivity contribution is 5.75. The zero-order valence-corrected chi connectivity index (χ0v) is 14.9. The van der Waals surface area contributed by atoms with Crippen LogP contribution in [0.5, 0.6) is 0 Å². The minimum Gasteiger partial charge on any atom is -0.353 e. The van der Waals surface area contributed by atoms with E-state index in [1.807, 2.05) is 37.4 Å². The lowest BCUT2D eigenvalue weighted by atomic mass is 10.3. The fraction of sp³-hybridized carbons (Fsp3) is 0.368. The molecule has 0 aliphatic carbocycles. The van der Waals surface area contributed by atoms with Crippen molar-refractivity contribution in [2.75, 3.05) is 37.6 Å². The Morgan fingerprint density at radius 3 is 2.54 bits per heavy atom. The van der Waals surface area contributed by atoms with Crippen molar-refractivity contribution in [1.82, 2.24) is 24.6 Å². The van der Waals surface area contributed by atoms with Gasteiger partial charge in [0.1, 0.15) is 5.82 Å². The monoisotopic (exact) mass is 350 g/mol. The maximum Gasteiger partial charge on any atom is 0.266 e. The molecular formula is C19H22N6O. The molecule has 3 heterocycles. The van der Waals surface area contributed by atoms with Gasteiger partial charge in [0.15, 0.2) is 0 Å². The van der Waals surface area contributed by atoms with Crippen molar-refractivity contribution in [3.63, 3.8) is 0 Å². The first-order valence-electron chi connectivity index (χ1n) is 8.93. The number of aryl methyl sites for hydroxylation is 1. The molecule has 4 rings (SSSR count). The van der Waals surface area contributed by atoms with Crippen LogP contribution in [0.4, 0.5) is 5.82 Å². The summed E-state index contributed by atoms with van der Waals surface area (Å²) in [5.41, 5.74) is 2.67. The van der Waals surface area contributed by atoms with Crippen molar-refractivity contribution in [2.45, 2.75) is 13.5 Å². The molecule has 1 aromatic carbocycles. The van der Waals surface area contributed by atoms with E-state index in [0.29, 0.717) is 6.54 Å². The largest absolute Gasteiger partial charge is 0.353 e. The van der Waals surface area contributed by atoms with Crippen LogP contribution in [0.25, 0.3) is 11.0 Å². The van der Waals surface area contributed by atoms with E-state index in [2.05, 4.69) is 19.9 Å². The third-order valence-corrected chi connectivity index (χ3v) is 4.76. The van der Waals surface area contributed by atoms with Gasteiger partial charge in [-0.3, -0.25) is 14.7 Å². The molecule has 0 unspecified atom stereocenters. The van der Waals surface area contributed by atoms with E-state index in [4.69, 9.17) is 4.98 Å². The summed E-state index contributed by atoms with van der Waals surface area (Å²) in [5.74, 6) is 0.930. The minimum absolute atomic E-state index is 0.0410. The average Bonchev–Trinajstić information content (AvgIpc) is 2.69. The normalized spacial score (nSPS) is 15.5. The Kier molecular flexibility index (Phi) is 4.62. The maximum atomic E-state index is 11.8. The number of benzene rings is 1. The van der Waals surface area contributed by atoms with E-state index >= 15 is 0 Å². The lowest BCUT2D eigenvalue weighted by Crippen LogP contribution is -2.48. The van der Waals surface area contributed by atoms with Crippen LogP contribution in [0.1, 0.15) is 5.69 Å². The van der Waals surface area contributed by atoms with Crippen molar-refractivity contribution in [3.05, 3.63) is 58.6 Å². The van der Waals surface area contributed by atoms with E-state index in [1.54, 1.807) is 16.8 Å². The Labute approximate surface area is 151 Å². The average molecular weight is 350 g/mol. The lowest BCUT2D eigenvalue weighted by Gasteiger charge is -2.35. The number of piperazine rings is 1. The van der Waals surface area contributed by atoms with E-state index in [9.17, 15) is 4.79 Å². The molecule has 0 radical (unpaired) electrons. The Morgan fingerprint density at radius 1 is 0.962 bits per heavy atom. The molecule has 26 heavy (non-hydrogen) atoms. The summed E-state index contributed by atoms with van der Waals surface area (Å²) in [4.78, 5) is 25.7. The van der Waals surface area contributed by atoms with Crippen molar-refractivity contribution >= 4 is 16.9 Å². The standard InChI is InChI=1S/C19H22N6O/c1-15-6-7-19(26)25(22-15)13-10-23-8-11-24(12-9-23)18-14-20-16-4-2-3-5-17(16)21-18/h2-7,14H,8-13H2,1H3. The van der Waals surface area contributed by atoms with E-state index in [1.165, 1.54) is 0 Å². The number of rotatable bonds is 4. The van der Waals surface area contributed by atoms with Crippen molar-refractivity contribution in [1.29, 1.82) is 0 Å². The summed E-state index contributed by atoms with van der Waals surface area (Å²) in [6.45, 7) is 7.04. The van der Waals surface area contributed by atoms with Gasteiger partial charge in [0.25, 0.3) is 5.56 Å². The molecule has 0 atom stereocenters. The van der Waals surface area contributed by atoms with Crippen LogP contribution in [-0.2, 0) is 6.54 Å². The fourth-order valence-corrected chi connectivity index (χ4v) is 3.25. The number of anilines is 1. The fourth-order valence-electron chi connectivity index (χ4n) is 3.25. The molecule has 0 saturated carbocycles. The molecule has 0 spiro atoms. The second kappa shape index (κ2) is 7.21. The highest BCUT2D eigenvalue weighted by Crippen LogP contribution is 2.16. The summed E-state index contributed by atoms with van der Waals surface area (Å²) < 4.78 is 1.55. The molecule has 1 aliphatic rings. The molecule has 7 heteroatoms. The first kappa shape index (κ1) is 16.7. The van der Waals surface area contributed by atoms with Gasteiger partial charge < -0.3 is 4.90 Å². The number of nitrogens with zero attached hydrogens (tertiary/aromatic N) is 6. The molecule has 1 saturated heterocycles. The van der Waals surface area contributed by atoms with Crippen molar-refractivity contribution < 1.29 is 0 Å². The summed E-state index contributed by atoms with van der Waals surface area (Å²) in [6, 6.07) is 11.3. The molecule has 2 aromatic heterocycles. The van der Waals surface area contributed by atoms with Crippen LogP contribution in [0.15, 0.2) is 47.4 Å². The highest BCUT2D eigenvalue weighted by Gasteiger charge is 2.18. The molecule has 0 bridgehead atoms. The predicted octanol–water partition coefficient (Wildman–Crippen LogP) is 1.32.